The van der Waals surface area contributed by atoms with Gasteiger partial charge in [-0.25, -0.2) is 0 Å². The van der Waals surface area contributed by atoms with E-state index in [1.165, 1.54) is 0 Å². The predicted octanol–water partition coefficient (Wildman–Crippen LogP) is 3.61. The number of aromatic amines is 1. The Kier molecular flexibility index (Phi) is 3.69. The molecule has 0 unspecified atom stereocenters. The third kappa shape index (κ3) is 2.46. The molecule has 0 radical (unpaired) electrons. The fourth-order valence-electron chi connectivity index (χ4n) is 3.05. The number of ether oxygens (including phenoxy) is 1. The number of benzene rings is 2. The maximum Gasteiger partial charge on any atom is 0.265 e. The minimum atomic E-state index is -0.429. The van der Waals surface area contributed by atoms with Crippen LogP contribution in [-0.2, 0) is 9.59 Å². The zero-order chi connectivity index (χ0) is 17.6. The third-order valence-corrected chi connectivity index (χ3v) is 4.94. The van der Waals surface area contributed by atoms with Gasteiger partial charge in [0.15, 0.2) is 0 Å². The second-order valence-corrected chi connectivity index (χ2v) is 6.42. The highest BCUT2D eigenvalue weighted by Gasteiger charge is 2.33. The van der Waals surface area contributed by atoms with Gasteiger partial charge in [0.25, 0.3) is 11.8 Å². The van der Waals surface area contributed by atoms with Crippen LogP contribution in [0.4, 0.5) is 0 Å². The number of carbonyl (C=O) groups excluding carboxylic acids is 2. The first-order valence-corrected chi connectivity index (χ1v) is 8.40. The number of hydrogen-bond acceptors (Lipinski definition) is 3. The average Bonchev–Trinajstić information content (AvgIpc) is 3.12. The largest absolute Gasteiger partial charge is 0.497 e. The van der Waals surface area contributed by atoms with E-state index >= 15 is 0 Å². The van der Waals surface area contributed by atoms with Gasteiger partial charge in [-0.15, -0.1) is 0 Å². The molecule has 0 atom stereocenters. The van der Waals surface area contributed by atoms with Gasteiger partial charge >= 0.3 is 0 Å². The Hall–Kier alpha value is -2.86. The number of fused-ring (bicyclic) bond motifs is 1. The number of carbonyl (C=O) groups is 2. The monoisotopic (exact) mass is 396 g/mol. The summed E-state index contributed by atoms with van der Waals surface area (Å²) >= 11 is 3.26. The molecule has 2 N–H and O–H groups in total. The van der Waals surface area contributed by atoms with Gasteiger partial charge in [-0.2, -0.15) is 0 Å². The van der Waals surface area contributed by atoms with Crippen molar-refractivity contribution >= 4 is 44.2 Å². The standard InChI is InChI=1S/C19H13BrN2O3/c1-25-11-6-4-5-10(9-11)17-14(12-7-2-3-8-13(12)21-17)15-16(20)19(24)22-18(15)23/h2-9,21H,1H3,(H,22,23,24). The number of methoxy groups -OCH3 is 1. The fraction of sp³-hybridized carbons (Fsp3) is 0.0526. The van der Waals surface area contributed by atoms with Crippen molar-refractivity contribution in [1.82, 2.24) is 10.3 Å². The SMILES string of the molecule is COc1cccc(-c2[nH]c3ccccc3c2C2=C(Br)C(=O)NC2=O)c1. The Morgan fingerprint density at radius 2 is 1.80 bits per heavy atom. The molecule has 3 aromatic rings. The molecule has 4 rings (SSSR count). The van der Waals surface area contributed by atoms with E-state index in [2.05, 4.69) is 26.2 Å². The fourth-order valence-corrected chi connectivity index (χ4v) is 3.53. The lowest BCUT2D eigenvalue weighted by molar-refractivity contribution is -0.123. The molecule has 0 spiro atoms. The summed E-state index contributed by atoms with van der Waals surface area (Å²) in [5.41, 5.74) is 3.54. The summed E-state index contributed by atoms with van der Waals surface area (Å²) in [5.74, 6) is -0.130. The number of hydrogen-bond donors (Lipinski definition) is 2. The van der Waals surface area contributed by atoms with Crippen LogP contribution in [0.15, 0.2) is 53.0 Å². The van der Waals surface area contributed by atoms with E-state index in [0.29, 0.717) is 16.9 Å². The smallest absolute Gasteiger partial charge is 0.265 e. The van der Waals surface area contributed by atoms with E-state index in [4.69, 9.17) is 4.74 Å². The van der Waals surface area contributed by atoms with Crippen molar-refractivity contribution in [2.75, 3.05) is 7.11 Å². The van der Waals surface area contributed by atoms with E-state index < -0.39 is 11.8 Å². The maximum absolute atomic E-state index is 12.4. The molecule has 2 aromatic carbocycles. The summed E-state index contributed by atoms with van der Waals surface area (Å²) in [5, 5.41) is 3.21. The molecule has 0 aliphatic carbocycles. The highest BCUT2D eigenvalue weighted by Crippen LogP contribution is 2.40. The van der Waals surface area contributed by atoms with Gasteiger partial charge < -0.3 is 9.72 Å². The topological polar surface area (TPSA) is 71.2 Å². The van der Waals surface area contributed by atoms with Crippen molar-refractivity contribution in [2.45, 2.75) is 0 Å². The minimum absolute atomic E-state index is 0.242. The molecule has 5 nitrogen and oxygen atoms in total. The second kappa shape index (κ2) is 5.89. The van der Waals surface area contributed by atoms with Crippen molar-refractivity contribution in [3.63, 3.8) is 0 Å². The number of amides is 2. The van der Waals surface area contributed by atoms with Crippen LogP contribution in [0.3, 0.4) is 0 Å². The summed E-state index contributed by atoms with van der Waals surface area (Å²) in [6.45, 7) is 0. The Bertz CT molecular complexity index is 1070. The molecule has 6 heteroatoms. The summed E-state index contributed by atoms with van der Waals surface area (Å²) in [7, 11) is 1.60. The van der Waals surface area contributed by atoms with Crippen LogP contribution >= 0.6 is 15.9 Å². The third-order valence-electron chi connectivity index (χ3n) is 4.19. The van der Waals surface area contributed by atoms with Gasteiger partial charge in [-0.3, -0.25) is 14.9 Å². The zero-order valence-electron chi connectivity index (χ0n) is 13.2. The van der Waals surface area contributed by atoms with E-state index in [-0.39, 0.29) is 4.48 Å². The van der Waals surface area contributed by atoms with Gasteiger partial charge in [-0.05, 0) is 34.1 Å². The Balaban J connectivity index is 2.06. The van der Waals surface area contributed by atoms with Crippen molar-refractivity contribution in [3.05, 3.63) is 58.6 Å². The van der Waals surface area contributed by atoms with Gasteiger partial charge in [0.2, 0.25) is 0 Å². The molecule has 124 valence electrons. The molecule has 2 amide bonds. The van der Waals surface area contributed by atoms with Crippen molar-refractivity contribution in [3.8, 4) is 17.0 Å². The lowest BCUT2D eigenvalue weighted by Crippen LogP contribution is -2.22. The van der Waals surface area contributed by atoms with Gasteiger partial charge in [-0.1, -0.05) is 30.3 Å². The molecule has 2 heterocycles. The van der Waals surface area contributed by atoms with Crippen LogP contribution in [0.1, 0.15) is 5.56 Å². The molecule has 0 saturated heterocycles. The Labute approximate surface area is 151 Å². The maximum atomic E-state index is 12.4. The van der Waals surface area contributed by atoms with Crippen LogP contribution in [-0.4, -0.2) is 23.9 Å². The summed E-state index contributed by atoms with van der Waals surface area (Å²) in [6, 6.07) is 15.2. The molecule has 1 aliphatic heterocycles. The van der Waals surface area contributed by atoms with Crippen molar-refractivity contribution < 1.29 is 14.3 Å². The normalized spacial score (nSPS) is 14.3. The van der Waals surface area contributed by atoms with Crippen LogP contribution in [0.5, 0.6) is 5.75 Å². The van der Waals surface area contributed by atoms with Gasteiger partial charge in [0.1, 0.15) is 5.75 Å². The number of aromatic nitrogens is 1. The van der Waals surface area contributed by atoms with Gasteiger partial charge in [0, 0.05) is 22.0 Å². The predicted molar refractivity (Wildman–Crippen MR) is 99.3 cm³/mol. The number of rotatable bonds is 3. The first-order valence-electron chi connectivity index (χ1n) is 7.61. The molecular formula is C19H13BrN2O3. The first-order chi connectivity index (χ1) is 12.1. The quantitative estimate of drug-likeness (QED) is 0.664. The van der Waals surface area contributed by atoms with Crippen LogP contribution in [0, 0.1) is 0 Å². The van der Waals surface area contributed by atoms with Crippen LogP contribution in [0.25, 0.3) is 27.7 Å². The number of para-hydroxylation sites is 1. The number of imide groups is 1. The second-order valence-electron chi connectivity index (χ2n) is 5.62. The van der Waals surface area contributed by atoms with Crippen LogP contribution in [0.2, 0.25) is 0 Å². The molecule has 25 heavy (non-hydrogen) atoms. The molecule has 0 saturated carbocycles. The van der Waals surface area contributed by atoms with E-state index in [0.717, 1.165) is 22.2 Å². The Morgan fingerprint density at radius 1 is 1.00 bits per heavy atom. The molecule has 1 aliphatic rings. The lowest BCUT2D eigenvalue weighted by atomic mass is 9.98. The van der Waals surface area contributed by atoms with Crippen molar-refractivity contribution in [2.24, 2.45) is 0 Å². The lowest BCUT2D eigenvalue weighted by Gasteiger charge is -2.07. The number of nitrogens with one attached hydrogen (secondary N) is 2. The minimum Gasteiger partial charge on any atom is -0.497 e. The van der Waals surface area contributed by atoms with E-state index in [1.807, 2.05) is 48.5 Å². The molecule has 0 bridgehead atoms. The Morgan fingerprint density at radius 3 is 2.52 bits per heavy atom. The van der Waals surface area contributed by atoms with E-state index in [1.54, 1.807) is 7.11 Å². The average molecular weight is 397 g/mol. The molecule has 0 fully saturated rings. The summed E-state index contributed by atoms with van der Waals surface area (Å²) in [4.78, 5) is 27.7. The molecule has 1 aromatic heterocycles. The number of H-pyrrole nitrogens is 1. The van der Waals surface area contributed by atoms with Crippen LogP contribution < -0.4 is 10.1 Å². The van der Waals surface area contributed by atoms with E-state index in [9.17, 15) is 9.59 Å². The zero-order valence-corrected chi connectivity index (χ0v) is 14.8. The first kappa shape index (κ1) is 15.7. The highest BCUT2D eigenvalue weighted by atomic mass is 79.9. The molecular weight excluding hydrogens is 384 g/mol. The summed E-state index contributed by atoms with van der Waals surface area (Å²) in [6.07, 6.45) is 0. The van der Waals surface area contributed by atoms with Gasteiger partial charge in [0.05, 0.1) is 22.9 Å². The van der Waals surface area contributed by atoms with Crippen molar-refractivity contribution in [1.29, 1.82) is 0 Å². The summed E-state index contributed by atoms with van der Waals surface area (Å²) < 4.78 is 5.55. The highest BCUT2D eigenvalue weighted by molar-refractivity contribution is 9.12. The number of halogens is 1.